The van der Waals surface area contributed by atoms with Crippen LogP contribution in [-0.4, -0.2) is 0 Å². The van der Waals surface area contributed by atoms with E-state index >= 15 is 0 Å². The monoisotopic (exact) mass is 249 g/mol. The van der Waals surface area contributed by atoms with E-state index in [-0.39, 0.29) is 5.41 Å². The van der Waals surface area contributed by atoms with Crippen LogP contribution in [0.15, 0.2) is 42.5 Å². The maximum Gasteiger partial charge on any atom is 0.0221 e. The van der Waals surface area contributed by atoms with E-state index in [2.05, 4.69) is 62.4 Å². The normalized spacial score (nSPS) is 15.1. The standard InChI is InChI=1S/C19H21/c1-3-13-19(14-4-2)17-11-7-5-9-15(17)16-10-6-8-12-18(16)19/h5-11H,3-4,13-14H2,1-2H3. The first-order valence-corrected chi connectivity index (χ1v) is 7.44. The second kappa shape index (κ2) is 4.85. The van der Waals surface area contributed by atoms with Gasteiger partial charge in [0, 0.05) is 5.41 Å². The fourth-order valence-corrected chi connectivity index (χ4v) is 3.83. The minimum absolute atomic E-state index is 0.205. The van der Waals surface area contributed by atoms with E-state index in [0.29, 0.717) is 0 Å². The van der Waals surface area contributed by atoms with E-state index in [9.17, 15) is 0 Å². The zero-order valence-corrected chi connectivity index (χ0v) is 11.9. The smallest absolute Gasteiger partial charge is 0.0221 e. The summed E-state index contributed by atoms with van der Waals surface area (Å²) in [7, 11) is 0. The Balaban J connectivity index is 2.28. The van der Waals surface area contributed by atoms with Gasteiger partial charge in [0.25, 0.3) is 0 Å². The van der Waals surface area contributed by atoms with Gasteiger partial charge in [0.2, 0.25) is 0 Å². The molecule has 1 aliphatic rings. The number of hydrogen-bond donors (Lipinski definition) is 0. The summed E-state index contributed by atoms with van der Waals surface area (Å²) in [4.78, 5) is 0. The highest BCUT2D eigenvalue weighted by Crippen LogP contribution is 2.53. The fraction of sp³-hybridized carbons (Fsp3) is 0.368. The Morgan fingerprint density at radius 1 is 0.895 bits per heavy atom. The van der Waals surface area contributed by atoms with Crippen LogP contribution in [-0.2, 0) is 5.41 Å². The molecule has 0 atom stereocenters. The third-order valence-electron chi connectivity index (χ3n) is 4.42. The van der Waals surface area contributed by atoms with Crippen LogP contribution in [0.1, 0.15) is 50.7 Å². The van der Waals surface area contributed by atoms with Gasteiger partial charge in [0.05, 0.1) is 0 Å². The highest BCUT2D eigenvalue weighted by Gasteiger charge is 2.41. The lowest BCUT2D eigenvalue weighted by Crippen LogP contribution is -2.24. The molecule has 3 rings (SSSR count). The molecule has 0 heteroatoms. The van der Waals surface area contributed by atoms with Crippen molar-refractivity contribution in [2.75, 3.05) is 0 Å². The second-order valence-electron chi connectivity index (χ2n) is 5.59. The molecule has 0 saturated heterocycles. The quantitative estimate of drug-likeness (QED) is 0.685. The van der Waals surface area contributed by atoms with E-state index in [1.807, 2.05) is 0 Å². The van der Waals surface area contributed by atoms with Crippen molar-refractivity contribution in [3.63, 3.8) is 0 Å². The van der Waals surface area contributed by atoms with E-state index in [1.54, 1.807) is 0 Å². The highest BCUT2D eigenvalue weighted by atomic mass is 14.4. The first-order chi connectivity index (χ1) is 9.33. The van der Waals surface area contributed by atoms with Crippen LogP contribution in [0.5, 0.6) is 0 Å². The Kier molecular flexibility index (Phi) is 3.18. The molecule has 2 aromatic carbocycles. The van der Waals surface area contributed by atoms with Crippen LogP contribution >= 0.6 is 0 Å². The van der Waals surface area contributed by atoms with Gasteiger partial charge in [-0.3, -0.25) is 0 Å². The predicted octanol–water partition coefficient (Wildman–Crippen LogP) is 5.35. The second-order valence-corrected chi connectivity index (χ2v) is 5.59. The van der Waals surface area contributed by atoms with Crippen LogP contribution in [0.3, 0.4) is 0 Å². The molecule has 0 heterocycles. The largest absolute Gasteiger partial charge is 0.0653 e. The lowest BCUT2D eigenvalue weighted by Gasteiger charge is -2.31. The van der Waals surface area contributed by atoms with Crippen molar-refractivity contribution in [1.29, 1.82) is 0 Å². The van der Waals surface area contributed by atoms with Gasteiger partial charge in [0.1, 0.15) is 0 Å². The zero-order chi connectivity index (χ0) is 13.3. The first-order valence-electron chi connectivity index (χ1n) is 7.44. The SMILES string of the molecule is CCCC1(CCC)c2[c]cccc2-c2ccccc21. The minimum Gasteiger partial charge on any atom is -0.0653 e. The molecule has 0 aromatic heterocycles. The molecule has 0 amide bonds. The first kappa shape index (κ1) is 12.5. The van der Waals surface area contributed by atoms with Gasteiger partial charge >= 0.3 is 0 Å². The molecule has 0 bridgehead atoms. The van der Waals surface area contributed by atoms with Gasteiger partial charge in [0.15, 0.2) is 0 Å². The molecule has 0 unspecified atom stereocenters. The van der Waals surface area contributed by atoms with Crippen LogP contribution in [0.25, 0.3) is 11.1 Å². The van der Waals surface area contributed by atoms with Gasteiger partial charge in [-0.2, -0.15) is 0 Å². The van der Waals surface area contributed by atoms with E-state index in [0.717, 1.165) is 0 Å². The van der Waals surface area contributed by atoms with Crippen LogP contribution in [0, 0.1) is 6.07 Å². The third kappa shape index (κ3) is 1.74. The van der Waals surface area contributed by atoms with Crippen molar-refractivity contribution in [2.45, 2.75) is 44.9 Å². The molecule has 0 nitrogen and oxygen atoms in total. The number of hydrogen-bond acceptors (Lipinski definition) is 0. The van der Waals surface area contributed by atoms with Gasteiger partial charge in [-0.1, -0.05) is 69.2 Å². The van der Waals surface area contributed by atoms with Crippen molar-refractivity contribution in [2.24, 2.45) is 0 Å². The summed E-state index contributed by atoms with van der Waals surface area (Å²) in [5, 5.41) is 0. The summed E-state index contributed by atoms with van der Waals surface area (Å²) in [5.41, 5.74) is 5.99. The van der Waals surface area contributed by atoms with Gasteiger partial charge in [-0.25, -0.2) is 0 Å². The fourth-order valence-electron chi connectivity index (χ4n) is 3.83. The van der Waals surface area contributed by atoms with Gasteiger partial charge in [-0.05, 0) is 41.2 Å². The summed E-state index contributed by atoms with van der Waals surface area (Å²) >= 11 is 0. The van der Waals surface area contributed by atoms with E-state index in [4.69, 9.17) is 0 Å². The number of fused-ring (bicyclic) bond motifs is 3. The molecule has 1 aliphatic carbocycles. The average molecular weight is 249 g/mol. The van der Waals surface area contributed by atoms with Crippen molar-refractivity contribution >= 4 is 0 Å². The van der Waals surface area contributed by atoms with Crippen LogP contribution < -0.4 is 0 Å². The lowest BCUT2D eigenvalue weighted by atomic mass is 9.71. The molecule has 1 radical (unpaired) electrons. The van der Waals surface area contributed by atoms with E-state index in [1.165, 1.54) is 47.9 Å². The molecular formula is C19H21. The molecule has 0 fully saturated rings. The Hall–Kier alpha value is -1.56. The average Bonchev–Trinajstić information content (AvgIpc) is 2.72. The molecule has 19 heavy (non-hydrogen) atoms. The molecule has 2 aromatic rings. The summed E-state index contributed by atoms with van der Waals surface area (Å²) < 4.78 is 0. The van der Waals surface area contributed by atoms with Crippen molar-refractivity contribution in [3.05, 3.63) is 59.7 Å². The molecule has 97 valence electrons. The minimum atomic E-state index is 0.205. The molecule has 0 saturated carbocycles. The maximum absolute atomic E-state index is 3.56. The summed E-state index contributed by atoms with van der Waals surface area (Å²) in [6.07, 6.45) is 4.89. The number of benzene rings is 2. The molecule has 0 spiro atoms. The Bertz CT molecular complexity index is 527. The van der Waals surface area contributed by atoms with Gasteiger partial charge < -0.3 is 0 Å². The predicted molar refractivity (Wildman–Crippen MR) is 81.3 cm³/mol. The maximum atomic E-state index is 3.56. The number of rotatable bonds is 4. The van der Waals surface area contributed by atoms with Crippen LogP contribution in [0.4, 0.5) is 0 Å². The zero-order valence-electron chi connectivity index (χ0n) is 11.9. The molecule has 0 aliphatic heterocycles. The lowest BCUT2D eigenvalue weighted by molar-refractivity contribution is 0.435. The van der Waals surface area contributed by atoms with Crippen molar-refractivity contribution < 1.29 is 0 Å². The summed E-state index contributed by atoms with van der Waals surface area (Å²) in [5.74, 6) is 0. The molecular weight excluding hydrogens is 228 g/mol. The van der Waals surface area contributed by atoms with Crippen molar-refractivity contribution in [3.8, 4) is 11.1 Å². The molecule has 0 N–H and O–H groups in total. The van der Waals surface area contributed by atoms with Crippen LogP contribution in [0.2, 0.25) is 0 Å². The summed E-state index contributed by atoms with van der Waals surface area (Å²) in [6.45, 7) is 4.59. The Labute approximate surface area is 116 Å². The third-order valence-corrected chi connectivity index (χ3v) is 4.42. The summed E-state index contributed by atoms with van der Waals surface area (Å²) in [6, 6.07) is 18.9. The Morgan fingerprint density at radius 2 is 1.58 bits per heavy atom. The van der Waals surface area contributed by atoms with Gasteiger partial charge in [-0.15, -0.1) is 0 Å². The van der Waals surface area contributed by atoms with Crippen molar-refractivity contribution in [1.82, 2.24) is 0 Å². The van der Waals surface area contributed by atoms with E-state index < -0.39 is 0 Å². The highest BCUT2D eigenvalue weighted by molar-refractivity contribution is 5.80. The Morgan fingerprint density at radius 3 is 2.32 bits per heavy atom. The topological polar surface area (TPSA) is 0 Å².